The lowest BCUT2D eigenvalue weighted by Gasteiger charge is -2.37. The van der Waals surface area contributed by atoms with Crippen LogP contribution in [-0.4, -0.2) is 47.9 Å². The van der Waals surface area contributed by atoms with Crippen molar-refractivity contribution >= 4 is 5.91 Å². The van der Waals surface area contributed by atoms with Gasteiger partial charge in [0.05, 0.1) is 0 Å². The van der Waals surface area contributed by atoms with Gasteiger partial charge in [-0.2, -0.15) is 0 Å². The van der Waals surface area contributed by atoms with Gasteiger partial charge in [0.15, 0.2) is 0 Å². The number of amides is 1. The fourth-order valence-electron chi connectivity index (χ4n) is 4.12. The summed E-state index contributed by atoms with van der Waals surface area (Å²) in [7, 11) is 0. The van der Waals surface area contributed by atoms with Crippen LogP contribution in [0.25, 0.3) is 0 Å². The van der Waals surface area contributed by atoms with E-state index in [1.807, 2.05) is 24.3 Å². The zero-order valence-corrected chi connectivity index (χ0v) is 15.2. The molecule has 3 rings (SSSR count). The summed E-state index contributed by atoms with van der Waals surface area (Å²) in [6, 6.07) is 8.49. The van der Waals surface area contributed by atoms with Crippen LogP contribution >= 0.6 is 0 Å². The SMILES string of the molecule is Cc1ccc(C(=O)N2CCCC[C@@H]2CCN2CCCCCC2)cc1. The molecule has 1 amide bonds. The topological polar surface area (TPSA) is 23.6 Å². The summed E-state index contributed by atoms with van der Waals surface area (Å²) >= 11 is 0. The van der Waals surface area contributed by atoms with Crippen LogP contribution in [0.5, 0.6) is 0 Å². The van der Waals surface area contributed by atoms with E-state index in [1.165, 1.54) is 57.2 Å². The molecule has 0 spiro atoms. The van der Waals surface area contributed by atoms with E-state index < -0.39 is 0 Å². The molecule has 2 heterocycles. The number of likely N-dealkylation sites (tertiary alicyclic amines) is 2. The Kier molecular flexibility index (Phi) is 6.30. The van der Waals surface area contributed by atoms with Crippen molar-refractivity contribution in [2.45, 2.75) is 64.3 Å². The first-order valence-corrected chi connectivity index (χ1v) is 9.84. The fraction of sp³-hybridized carbons (Fsp3) is 0.667. The first-order chi connectivity index (χ1) is 11.7. The zero-order valence-electron chi connectivity index (χ0n) is 15.2. The van der Waals surface area contributed by atoms with Gasteiger partial charge in [0, 0.05) is 24.7 Å². The third kappa shape index (κ3) is 4.60. The average Bonchev–Trinajstić information content (AvgIpc) is 2.89. The molecule has 132 valence electrons. The Morgan fingerprint density at radius 3 is 2.33 bits per heavy atom. The summed E-state index contributed by atoms with van der Waals surface area (Å²) in [5, 5.41) is 0. The van der Waals surface area contributed by atoms with E-state index >= 15 is 0 Å². The molecule has 1 atom stereocenters. The molecule has 0 saturated carbocycles. The molecule has 1 aromatic rings. The molecule has 2 aliphatic heterocycles. The molecular weight excluding hydrogens is 296 g/mol. The van der Waals surface area contributed by atoms with Crippen molar-refractivity contribution in [1.29, 1.82) is 0 Å². The lowest BCUT2D eigenvalue weighted by Crippen LogP contribution is -2.45. The summed E-state index contributed by atoms with van der Waals surface area (Å²) in [6.07, 6.45) is 10.2. The van der Waals surface area contributed by atoms with Gasteiger partial charge >= 0.3 is 0 Å². The molecule has 1 aromatic carbocycles. The molecule has 0 bridgehead atoms. The van der Waals surface area contributed by atoms with E-state index in [2.05, 4.69) is 16.7 Å². The van der Waals surface area contributed by atoms with Gasteiger partial charge in [-0.25, -0.2) is 0 Å². The first-order valence-electron chi connectivity index (χ1n) is 9.84. The minimum atomic E-state index is 0.232. The molecule has 3 heteroatoms. The second kappa shape index (κ2) is 8.66. The number of rotatable bonds is 4. The smallest absolute Gasteiger partial charge is 0.254 e. The van der Waals surface area contributed by atoms with E-state index in [0.717, 1.165) is 31.5 Å². The number of hydrogen-bond donors (Lipinski definition) is 0. The first kappa shape index (κ1) is 17.5. The van der Waals surface area contributed by atoms with E-state index in [-0.39, 0.29) is 5.91 Å². The van der Waals surface area contributed by atoms with Crippen LogP contribution in [-0.2, 0) is 0 Å². The Morgan fingerprint density at radius 1 is 0.958 bits per heavy atom. The molecule has 2 aliphatic rings. The quantitative estimate of drug-likeness (QED) is 0.824. The number of carbonyl (C=O) groups is 1. The monoisotopic (exact) mass is 328 g/mol. The molecule has 0 unspecified atom stereocenters. The van der Waals surface area contributed by atoms with Crippen LogP contribution in [0.1, 0.15) is 67.3 Å². The lowest BCUT2D eigenvalue weighted by atomic mass is 9.97. The second-order valence-electron chi connectivity index (χ2n) is 7.56. The minimum Gasteiger partial charge on any atom is -0.336 e. The van der Waals surface area contributed by atoms with Crippen molar-refractivity contribution in [2.24, 2.45) is 0 Å². The average molecular weight is 329 g/mol. The van der Waals surface area contributed by atoms with Crippen molar-refractivity contribution in [3.05, 3.63) is 35.4 Å². The normalized spacial score (nSPS) is 23.0. The van der Waals surface area contributed by atoms with Gasteiger partial charge in [0.1, 0.15) is 0 Å². The third-order valence-electron chi connectivity index (χ3n) is 5.66. The number of carbonyl (C=O) groups excluding carboxylic acids is 1. The molecule has 0 aliphatic carbocycles. The maximum atomic E-state index is 12.9. The highest BCUT2D eigenvalue weighted by Crippen LogP contribution is 2.23. The van der Waals surface area contributed by atoms with Gasteiger partial charge in [-0.05, 0) is 70.7 Å². The van der Waals surface area contributed by atoms with Gasteiger partial charge in [-0.15, -0.1) is 0 Å². The van der Waals surface area contributed by atoms with E-state index in [9.17, 15) is 4.79 Å². The Bertz CT molecular complexity index is 517. The number of aryl methyl sites for hydroxylation is 1. The van der Waals surface area contributed by atoms with Crippen molar-refractivity contribution < 1.29 is 4.79 Å². The van der Waals surface area contributed by atoms with Crippen molar-refractivity contribution in [2.75, 3.05) is 26.2 Å². The Labute approximate surface area is 147 Å². The molecular formula is C21H32N2O. The molecule has 3 nitrogen and oxygen atoms in total. The second-order valence-corrected chi connectivity index (χ2v) is 7.56. The van der Waals surface area contributed by atoms with E-state index in [1.54, 1.807) is 0 Å². The maximum absolute atomic E-state index is 12.9. The standard InChI is InChI=1S/C21H32N2O/c1-18-9-11-19(12-10-18)21(24)23-16-7-4-8-20(23)13-17-22-14-5-2-3-6-15-22/h9-12,20H,2-8,13-17H2,1H3/t20-/m1/s1. The Balaban J connectivity index is 1.60. The van der Waals surface area contributed by atoms with Crippen LogP contribution in [0.2, 0.25) is 0 Å². The molecule has 24 heavy (non-hydrogen) atoms. The minimum absolute atomic E-state index is 0.232. The fourth-order valence-corrected chi connectivity index (χ4v) is 4.12. The largest absolute Gasteiger partial charge is 0.336 e. The highest BCUT2D eigenvalue weighted by Gasteiger charge is 2.27. The van der Waals surface area contributed by atoms with Crippen molar-refractivity contribution in [3.63, 3.8) is 0 Å². The van der Waals surface area contributed by atoms with Gasteiger partial charge in [0.2, 0.25) is 0 Å². The van der Waals surface area contributed by atoms with Crippen LogP contribution in [0, 0.1) is 6.92 Å². The summed E-state index contributed by atoms with van der Waals surface area (Å²) < 4.78 is 0. The third-order valence-corrected chi connectivity index (χ3v) is 5.66. The van der Waals surface area contributed by atoms with Crippen molar-refractivity contribution in [3.8, 4) is 0 Å². The van der Waals surface area contributed by atoms with E-state index in [4.69, 9.17) is 0 Å². The molecule has 0 radical (unpaired) electrons. The van der Waals surface area contributed by atoms with Crippen LogP contribution < -0.4 is 0 Å². The summed E-state index contributed by atoms with van der Waals surface area (Å²) in [4.78, 5) is 17.7. The Hall–Kier alpha value is -1.35. The van der Waals surface area contributed by atoms with Gasteiger partial charge in [-0.3, -0.25) is 4.79 Å². The lowest BCUT2D eigenvalue weighted by molar-refractivity contribution is 0.0584. The predicted octanol–water partition coefficient (Wildman–Crippen LogP) is 4.26. The Morgan fingerprint density at radius 2 is 1.62 bits per heavy atom. The van der Waals surface area contributed by atoms with E-state index in [0.29, 0.717) is 6.04 Å². The highest BCUT2D eigenvalue weighted by molar-refractivity contribution is 5.94. The van der Waals surface area contributed by atoms with Crippen LogP contribution in [0.3, 0.4) is 0 Å². The number of hydrogen-bond acceptors (Lipinski definition) is 2. The summed E-state index contributed by atoms with van der Waals surface area (Å²) in [6.45, 7) is 6.65. The van der Waals surface area contributed by atoms with Gasteiger partial charge < -0.3 is 9.80 Å². The van der Waals surface area contributed by atoms with Gasteiger partial charge in [0.25, 0.3) is 5.91 Å². The number of piperidine rings is 1. The highest BCUT2D eigenvalue weighted by atomic mass is 16.2. The van der Waals surface area contributed by atoms with Gasteiger partial charge in [-0.1, -0.05) is 30.5 Å². The van der Waals surface area contributed by atoms with Crippen molar-refractivity contribution in [1.82, 2.24) is 9.80 Å². The van der Waals surface area contributed by atoms with Crippen LogP contribution in [0.4, 0.5) is 0 Å². The maximum Gasteiger partial charge on any atom is 0.254 e. The number of benzene rings is 1. The number of nitrogens with zero attached hydrogens (tertiary/aromatic N) is 2. The molecule has 0 aromatic heterocycles. The molecule has 2 saturated heterocycles. The zero-order chi connectivity index (χ0) is 16.8. The molecule has 2 fully saturated rings. The predicted molar refractivity (Wildman–Crippen MR) is 99.4 cm³/mol. The molecule has 0 N–H and O–H groups in total. The summed E-state index contributed by atoms with van der Waals surface area (Å²) in [5.41, 5.74) is 2.06. The van der Waals surface area contributed by atoms with Crippen LogP contribution in [0.15, 0.2) is 24.3 Å². The summed E-state index contributed by atoms with van der Waals surface area (Å²) in [5.74, 6) is 0.232.